The number of carbonyl (C=O) groups excluding carboxylic acids is 1. The third kappa shape index (κ3) is 6.76. The van der Waals surface area contributed by atoms with Gasteiger partial charge in [0.25, 0.3) is 5.69 Å². The summed E-state index contributed by atoms with van der Waals surface area (Å²) in [6.45, 7) is 6.28. The molecule has 0 fully saturated rings. The molecule has 0 saturated carbocycles. The topological polar surface area (TPSA) is 116 Å². The molecule has 0 spiro atoms. The van der Waals surface area contributed by atoms with Gasteiger partial charge in [0.1, 0.15) is 12.2 Å². The minimum Gasteiger partial charge on any atom is -0.490 e. The predicted octanol–water partition coefficient (Wildman–Crippen LogP) is 7.12. The summed E-state index contributed by atoms with van der Waals surface area (Å²) in [5.74, 6) is 0.393. The normalized spacial score (nSPS) is 11.1. The lowest BCUT2D eigenvalue weighted by Gasteiger charge is -2.17. The minimum atomic E-state index is -0.610. The van der Waals surface area contributed by atoms with Crippen molar-refractivity contribution in [3.63, 3.8) is 0 Å². The van der Waals surface area contributed by atoms with Crippen LogP contribution in [0.2, 0.25) is 10.0 Å². The second kappa shape index (κ2) is 12.5. The fourth-order valence-corrected chi connectivity index (χ4v) is 4.22. The van der Waals surface area contributed by atoms with Gasteiger partial charge in [0.05, 0.1) is 17.7 Å². The van der Waals surface area contributed by atoms with E-state index in [1.54, 1.807) is 30.3 Å². The van der Waals surface area contributed by atoms with Crippen molar-refractivity contribution < 1.29 is 23.6 Å². The number of furan rings is 1. The van der Waals surface area contributed by atoms with E-state index in [2.05, 4.69) is 17.1 Å². The summed E-state index contributed by atoms with van der Waals surface area (Å²) in [6, 6.07) is 14.3. The van der Waals surface area contributed by atoms with Gasteiger partial charge in [0.2, 0.25) is 0 Å². The molecule has 1 heterocycles. The van der Waals surface area contributed by atoms with Gasteiger partial charge in [-0.1, -0.05) is 35.3 Å². The summed E-state index contributed by atoms with van der Waals surface area (Å²) in [6.07, 6.45) is 3.69. The first-order chi connectivity index (χ1) is 18.8. The van der Waals surface area contributed by atoms with E-state index in [1.807, 2.05) is 13.0 Å². The number of hydrazone groups is 1. The number of ether oxygens (including phenoxy) is 2. The van der Waals surface area contributed by atoms with Crippen molar-refractivity contribution >= 4 is 52.0 Å². The Kier molecular flexibility index (Phi) is 8.85. The van der Waals surface area contributed by atoms with Crippen molar-refractivity contribution in [3.05, 3.63) is 110 Å². The maximum absolute atomic E-state index is 12.6. The molecule has 0 aliphatic carbocycles. The van der Waals surface area contributed by atoms with E-state index < -0.39 is 10.8 Å². The summed E-state index contributed by atoms with van der Waals surface area (Å²) in [5, 5.41) is 16.5. The molecule has 4 rings (SSSR count). The van der Waals surface area contributed by atoms with Gasteiger partial charge in [-0.15, -0.1) is 6.58 Å². The van der Waals surface area contributed by atoms with E-state index in [4.69, 9.17) is 37.1 Å². The lowest BCUT2D eigenvalue weighted by Crippen LogP contribution is -2.16. The maximum atomic E-state index is 12.6. The quantitative estimate of drug-likeness (QED) is 0.0892. The molecule has 1 aromatic heterocycles. The molecule has 0 atom stereocenters. The Morgan fingerprint density at radius 3 is 2.67 bits per heavy atom. The number of benzene rings is 3. The van der Waals surface area contributed by atoms with Crippen LogP contribution in [0.5, 0.6) is 11.5 Å². The van der Waals surface area contributed by atoms with E-state index in [1.165, 1.54) is 30.5 Å². The van der Waals surface area contributed by atoms with Crippen molar-refractivity contribution in [2.45, 2.75) is 20.0 Å². The fourth-order valence-electron chi connectivity index (χ4n) is 3.76. The first kappa shape index (κ1) is 27.7. The summed E-state index contributed by atoms with van der Waals surface area (Å²) >= 11 is 12.3. The molecule has 1 amide bonds. The highest BCUT2D eigenvalue weighted by molar-refractivity contribution is 6.35. The van der Waals surface area contributed by atoms with Crippen LogP contribution in [0.4, 0.5) is 5.69 Å². The van der Waals surface area contributed by atoms with Gasteiger partial charge in [0, 0.05) is 38.7 Å². The molecule has 0 saturated heterocycles. The first-order valence-corrected chi connectivity index (χ1v) is 12.5. The second-order valence-electron chi connectivity index (χ2n) is 8.25. The van der Waals surface area contributed by atoms with E-state index in [-0.39, 0.29) is 18.1 Å². The Labute approximate surface area is 233 Å². The average Bonchev–Trinajstić information content (AvgIpc) is 3.33. The summed E-state index contributed by atoms with van der Waals surface area (Å²) in [7, 11) is 0. The van der Waals surface area contributed by atoms with Crippen molar-refractivity contribution in [1.82, 2.24) is 5.43 Å². The number of hydrogen-bond donors (Lipinski definition) is 1. The summed E-state index contributed by atoms with van der Waals surface area (Å²) in [4.78, 5) is 23.0. The Balaban J connectivity index is 1.53. The number of allylic oxidation sites excluding steroid dienone is 1. The lowest BCUT2D eigenvalue weighted by molar-refractivity contribution is -0.384. The zero-order valence-corrected chi connectivity index (χ0v) is 22.3. The van der Waals surface area contributed by atoms with Gasteiger partial charge in [-0.05, 0) is 55.3 Å². The van der Waals surface area contributed by atoms with Crippen LogP contribution in [0.25, 0.3) is 11.0 Å². The smallest absolute Gasteiger partial charge is 0.307 e. The lowest BCUT2D eigenvalue weighted by atomic mass is 10.1. The number of nitro groups is 1. The molecule has 1 N–H and O–H groups in total. The van der Waals surface area contributed by atoms with Crippen LogP contribution in [0.1, 0.15) is 34.2 Å². The molecule has 3 aromatic carbocycles. The average molecular weight is 568 g/mol. The van der Waals surface area contributed by atoms with Gasteiger partial charge in [-0.25, -0.2) is 5.43 Å². The Bertz CT molecular complexity index is 1580. The highest BCUT2D eigenvalue weighted by atomic mass is 35.5. The summed E-state index contributed by atoms with van der Waals surface area (Å²) in [5.41, 5.74) is 4.86. The number of hydrogen-bond acceptors (Lipinski definition) is 7. The number of fused-ring (bicyclic) bond motifs is 1. The highest BCUT2D eigenvalue weighted by Gasteiger charge is 2.16. The number of amides is 1. The molecule has 11 heteroatoms. The van der Waals surface area contributed by atoms with Crippen LogP contribution in [-0.4, -0.2) is 23.7 Å². The molecular formula is C28H23Cl2N3O6. The maximum Gasteiger partial charge on any atom is 0.307 e. The standard InChI is InChI=1S/C28H23Cl2N3O6/c1-3-5-18-10-17(11-25(37-4-2)27(18)38-16-19-6-7-21(29)14-23(19)30)15-31-32-28(34)26-13-20-12-22(33(35)36)8-9-24(20)39-26/h3,6-15H,1,4-5,16H2,2H3,(H,32,34)/b31-15-. The zero-order valence-electron chi connectivity index (χ0n) is 20.8. The van der Waals surface area contributed by atoms with E-state index in [0.717, 1.165) is 11.1 Å². The third-order valence-electron chi connectivity index (χ3n) is 5.52. The third-order valence-corrected chi connectivity index (χ3v) is 6.11. The van der Waals surface area contributed by atoms with Crippen molar-refractivity contribution in [2.75, 3.05) is 6.61 Å². The molecule has 9 nitrogen and oxygen atoms in total. The Morgan fingerprint density at radius 1 is 1.13 bits per heavy atom. The monoisotopic (exact) mass is 567 g/mol. The van der Waals surface area contributed by atoms with E-state index in [9.17, 15) is 14.9 Å². The van der Waals surface area contributed by atoms with Crippen LogP contribution in [0.15, 0.2) is 76.8 Å². The molecule has 200 valence electrons. The van der Waals surface area contributed by atoms with Gasteiger partial charge in [-0.2, -0.15) is 5.10 Å². The van der Waals surface area contributed by atoms with Crippen LogP contribution in [-0.2, 0) is 13.0 Å². The largest absolute Gasteiger partial charge is 0.490 e. The number of nitro benzene ring substituents is 1. The highest BCUT2D eigenvalue weighted by Crippen LogP contribution is 2.35. The minimum absolute atomic E-state index is 0.0328. The fraction of sp³-hybridized carbons (Fsp3) is 0.143. The van der Waals surface area contributed by atoms with Crippen molar-refractivity contribution in [1.29, 1.82) is 0 Å². The summed E-state index contributed by atoms with van der Waals surface area (Å²) < 4.78 is 17.4. The molecule has 0 aliphatic heterocycles. The number of non-ortho nitro benzene ring substituents is 1. The number of nitrogens with one attached hydrogen (secondary N) is 1. The van der Waals surface area contributed by atoms with Gasteiger partial charge in [0.15, 0.2) is 17.3 Å². The number of carbonyl (C=O) groups is 1. The number of halogens is 2. The van der Waals surface area contributed by atoms with E-state index >= 15 is 0 Å². The Morgan fingerprint density at radius 2 is 1.95 bits per heavy atom. The number of nitrogens with zero attached hydrogens (tertiary/aromatic N) is 2. The zero-order chi connectivity index (χ0) is 27.9. The number of rotatable bonds is 11. The SMILES string of the molecule is C=CCc1cc(/C=N\NC(=O)c2cc3cc([N+](=O)[O-])ccc3o2)cc(OCC)c1OCc1ccc(Cl)cc1Cl. The second-order valence-corrected chi connectivity index (χ2v) is 9.09. The molecule has 0 aliphatic rings. The predicted molar refractivity (Wildman–Crippen MR) is 150 cm³/mol. The first-order valence-electron chi connectivity index (χ1n) is 11.8. The molecule has 0 bridgehead atoms. The molecular weight excluding hydrogens is 545 g/mol. The van der Waals surface area contributed by atoms with Crippen LogP contribution < -0.4 is 14.9 Å². The van der Waals surface area contributed by atoms with Crippen LogP contribution in [0.3, 0.4) is 0 Å². The van der Waals surface area contributed by atoms with Crippen LogP contribution >= 0.6 is 23.2 Å². The molecule has 4 aromatic rings. The van der Waals surface area contributed by atoms with Gasteiger partial charge < -0.3 is 13.9 Å². The molecule has 0 unspecified atom stereocenters. The molecule has 0 radical (unpaired) electrons. The van der Waals surface area contributed by atoms with Crippen molar-refractivity contribution in [3.8, 4) is 11.5 Å². The van der Waals surface area contributed by atoms with E-state index in [0.29, 0.717) is 51.1 Å². The van der Waals surface area contributed by atoms with Crippen molar-refractivity contribution in [2.24, 2.45) is 5.10 Å². The van der Waals surface area contributed by atoms with Gasteiger partial charge in [-0.3, -0.25) is 14.9 Å². The Hall–Kier alpha value is -4.34. The van der Waals surface area contributed by atoms with Gasteiger partial charge >= 0.3 is 5.91 Å². The molecule has 39 heavy (non-hydrogen) atoms. The van der Waals surface area contributed by atoms with Crippen LogP contribution in [0, 0.1) is 10.1 Å².